The Kier molecular flexibility index (Phi) is 4.50. The van der Waals surface area contributed by atoms with E-state index in [1.807, 2.05) is 31.2 Å². The van der Waals surface area contributed by atoms with Crippen molar-refractivity contribution in [3.05, 3.63) is 41.9 Å². The predicted octanol–water partition coefficient (Wildman–Crippen LogP) is 2.62. The molecule has 1 aliphatic heterocycles. The summed E-state index contributed by atoms with van der Waals surface area (Å²) in [5, 5.41) is 4.01. The van der Waals surface area contributed by atoms with Crippen LogP contribution in [0.2, 0.25) is 0 Å². The molecule has 0 spiro atoms. The number of piperidine rings is 1. The van der Waals surface area contributed by atoms with Crippen molar-refractivity contribution in [1.82, 2.24) is 24.9 Å². The van der Waals surface area contributed by atoms with E-state index in [1.165, 1.54) is 12.8 Å². The summed E-state index contributed by atoms with van der Waals surface area (Å²) >= 11 is 0. The summed E-state index contributed by atoms with van der Waals surface area (Å²) in [7, 11) is 2.14. The van der Waals surface area contributed by atoms with Gasteiger partial charge in [-0.1, -0.05) is 17.3 Å². The molecule has 25 heavy (non-hydrogen) atoms. The van der Waals surface area contributed by atoms with Crippen molar-refractivity contribution in [2.24, 2.45) is 0 Å². The van der Waals surface area contributed by atoms with E-state index in [2.05, 4.69) is 32.0 Å². The molecule has 0 saturated carbocycles. The molecule has 2 aromatic heterocycles. The zero-order chi connectivity index (χ0) is 17.2. The lowest BCUT2D eigenvalue weighted by atomic mass is 10.0. The average molecular weight is 341 g/mol. The van der Waals surface area contributed by atoms with E-state index in [9.17, 15) is 0 Å². The zero-order valence-corrected chi connectivity index (χ0v) is 14.7. The number of aromatic nitrogens is 3. The average Bonchev–Trinajstić information content (AvgIpc) is 3.20. The van der Waals surface area contributed by atoms with Crippen LogP contribution in [0, 0.1) is 6.92 Å². The molecule has 1 atom stereocenters. The quantitative estimate of drug-likeness (QED) is 0.706. The summed E-state index contributed by atoms with van der Waals surface area (Å²) in [5.74, 6) is 2.16. The van der Waals surface area contributed by atoms with Gasteiger partial charge in [0.1, 0.15) is 5.52 Å². The molecule has 1 aliphatic rings. The Hall–Kier alpha value is -2.25. The third-order valence-electron chi connectivity index (χ3n) is 4.76. The number of para-hydroxylation sites is 2. The highest BCUT2D eigenvalue weighted by atomic mass is 16.5. The fourth-order valence-corrected chi connectivity index (χ4v) is 3.47. The Morgan fingerprint density at radius 3 is 2.96 bits per heavy atom. The van der Waals surface area contributed by atoms with Crippen LogP contribution in [0.1, 0.15) is 30.4 Å². The van der Waals surface area contributed by atoms with Crippen molar-refractivity contribution in [2.45, 2.75) is 38.9 Å². The van der Waals surface area contributed by atoms with Gasteiger partial charge in [-0.05, 0) is 38.6 Å². The van der Waals surface area contributed by atoms with Crippen LogP contribution in [0.3, 0.4) is 0 Å². The summed E-state index contributed by atoms with van der Waals surface area (Å²) in [6, 6.07) is 8.37. The van der Waals surface area contributed by atoms with Crippen LogP contribution in [0.4, 0.5) is 0 Å². The molecule has 7 heteroatoms. The van der Waals surface area contributed by atoms with Crippen LogP contribution in [0.25, 0.3) is 11.1 Å². The van der Waals surface area contributed by atoms with E-state index >= 15 is 0 Å². The summed E-state index contributed by atoms with van der Waals surface area (Å²) in [6.07, 6.45) is 2.35. The molecule has 3 heterocycles. The molecule has 0 N–H and O–H groups in total. The second-order valence-corrected chi connectivity index (χ2v) is 6.75. The van der Waals surface area contributed by atoms with Crippen molar-refractivity contribution in [3.8, 4) is 0 Å². The SMILES string of the molecule is Cc1nc(CN2CCCC(N(C)Cc3nc4ccccc4o3)C2)no1. The van der Waals surface area contributed by atoms with Crippen LogP contribution >= 0.6 is 0 Å². The number of rotatable bonds is 5. The van der Waals surface area contributed by atoms with Gasteiger partial charge in [-0.2, -0.15) is 4.98 Å². The Morgan fingerprint density at radius 1 is 1.28 bits per heavy atom. The van der Waals surface area contributed by atoms with Gasteiger partial charge in [0, 0.05) is 19.5 Å². The molecule has 0 aliphatic carbocycles. The van der Waals surface area contributed by atoms with Crippen molar-refractivity contribution in [3.63, 3.8) is 0 Å². The molecule has 0 bridgehead atoms. The summed E-state index contributed by atoms with van der Waals surface area (Å²) in [4.78, 5) is 13.6. The number of hydrogen-bond donors (Lipinski definition) is 0. The number of oxazole rings is 1. The van der Waals surface area contributed by atoms with Crippen molar-refractivity contribution in [1.29, 1.82) is 0 Å². The second kappa shape index (κ2) is 6.93. The molecular weight excluding hydrogens is 318 g/mol. The minimum atomic E-state index is 0.469. The smallest absolute Gasteiger partial charge is 0.223 e. The number of benzene rings is 1. The maximum atomic E-state index is 5.86. The lowest BCUT2D eigenvalue weighted by molar-refractivity contribution is 0.0993. The van der Waals surface area contributed by atoms with Gasteiger partial charge in [0.05, 0.1) is 13.1 Å². The van der Waals surface area contributed by atoms with Crippen LogP contribution in [-0.2, 0) is 13.1 Å². The maximum Gasteiger partial charge on any atom is 0.223 e. The Balaban J connectivity index is 1.38. The fourth-order valence-electron chi connectivity index (χ4n) is 3.47. The Labute approximate surface area is 146 Å². The van der Waals surface area contributed by atoms with E-state index in [4.69, 9.17) is 8.94 Å². The first kappa shape index (κ1) is 16.2. The summed E-state index contributed by atoms with van der Waals surface area (Å²) in [5.41, 5.74) is 1.77. The lowest BCUT2D eigenvalue weighted by Gasteiger charge is -2.36. The minimum Gasteiger partial charge on any atom is -0.439 e. The molecule has 0 amide bonds. The highest BCUT2D eigenvalue weighted by molar-refractivity contribution is 5.72. The van der Waals surface area contributed by atoms with Gasteiger partial charge < -0.3 is 8.94 Å². The van der Waals surface area contributed by atoms with Gasteiger partial charge in [0.2, 0.25) is 11.8 Å². The molecule has 4 rings (SSSR count). The molecule has 132 valence electrons. The van der Waals surface area contributed by atoms with Gasteiger partial charge in [-0.15, -0.1) is 0 Å². The van der Waals surface area contributed by atoms with E-state index < -0.39 is 0 Å². The largest absolute Gasteiger partial charge is 0.439 e. The van der Waals surface area contributed by atoms with E-state index in [0.29, 0.717) is 18.5 Å². The number of likely N-dealkylation sites (tertiary alicyclic amines) is 1. The Morgan fingerprint density at radius 2 is 2.16 bits per heavy atom. The topological polar surface area (TPSA) is 71.4 Å². The van der Waals surface area contributed by atoms with Crippen molar-refractivity contribution < 1.29 is 8.94 Å². The van der Waals surface area contributed by atoms with Crippen molar-refractivity contribution in [2.75, 3.05) is 20.1 Å². The van der Waals surface area contributed by atoms with Crippen LogP contribution in [0.5, 0.6) is 0 Å². The first-order chi connectivity index (χ1) is 12.2. The Bertz CT molecular complexity index is 810. The number of hydrogen-bond acceptors (Lipinski definition) is 7. The highest BCUT2D eigenvalue weighted by Gasteiger charge is 2.25. The van der Waals surface area contributed by atoms with E-state index in [0.717, 1.165) is 42.4 Å². The third kappa shape index (κ3) is 3.72. The van der Waals surface area contributed by atoms with Gasteiger partial charge >= 0.3 is 0 Å². The van der Waals surface area contributed by atoms with Crippen LogP contribution in [-0.4, -0.2) is 51.1 Å². The fraction of sp³-hybridized carbons (Fsp3) is 0.500. The van der Waals surface area contributed by atoms with Gasteiger partial charge in [-0.25, -0.2) is 4.98 Å². The maximum absolute atomic E-state index is 5.86. The van der Waals surface area contributed by atoms with Crippen LogP contribution in [0.15, 0.2) is 33.2 Å². The standard InChI is InChI=1S/C18H23N5O2/c1-13-19-17(21-25-13)11-23-9-5-6-14(10-23)22(2)12-18-20-15-7-3-4-8-16(15)24-18/h3-4,7-8,14H,5-6,9-12H2,1-2H3. The molecule has 7 nitrogen and oxygen atoms in total. The van der Waals surface area contributed by atoms with Gasteiger partial charge in [0.25, 0.3) is 0 Å². The highest BCUT2D eigenvalue weighted by Crippen LogP contribution is 2.20. The third-order valence-corrected chi connectivity index (χ3v) is 4.76. The monoisotopic (exact) mass is 341 g/mol. The minimum absolute atomic E-state index is 0.469. The van der Waals surface area contributed by atoms with E-state index in [1.54, 1.807) is 0 Å². The number of aryl methyl sites for hydroxylation is 1. The molecular formula is C18H23N5O2. The zero-order valence-electron chi connectivity index (χ0n) is 14.7. The summed E-state index contributed by atoms with van der Waals surface area (Å²) in [6.45, 7) is 5.34. The van der Waals surface area contributed by atoms with Crippen LogP contribution < -0.4 is 0 Å². The summed E-state index contributed by atoms with van der Waals surface area (Å²) < 4.78 is 10.9. The number of likely N-dealkylation sites (N-methyl/N-ethyl adjacent to an activating group) is 1. The normalized spacial score (nSPS) is 19.1. The molecule has 1 fully saturated rings. The molecule has 1 unspecified atom stereocenters. The molecule has 3 aromatic rings. The number of nitrogens with zero attached hydrogens (tertiary/aromatic N) is 5. The molecule has 0 radical (unpaired) electrons. The van der Waals surface area contributed by atoms with Gasteiger partial charge in [0.15, 0.2) is 11.4 Å². The van der Waals surface area contributed by atoms with Crippen molar-refractivity contribution >= 4 is 11.1 Å². The molecule has 1 aromatic carbocycles. The lowest BCUT2D eigenvalue weighted by Crippen LogP contribution is -2.45. The second-order valence-electron chi connectivity index (χ2n) is 6.75. The van der Waals surface area contributed by atoms with E-state index in [-0.39, 0.29) is 0 Å². The molecule has 1 saturated heterocycles. The number of fused-ring (bicyclic) bond motifs is 1. The van der Waals surface area contributed by atoms with Gasteiger partial charge in [-0.3, -0.25) is 9.80 Å². The predicted molar refractivity (Wildman–Crippen MR) is 92.8 cm³/mol. The first-order valence-electron chi connectivity index (χ1n) is 8.73. The first-order valence-corrected chi connectivity index (χ1v) is 8.73.